The van der Waals surface area contributed by atoms with E-state index in [1.165, 1.54) is 6.42 Å². The first kappa shape index (κ1) is 19.3. The Hall–Kier alpha value is -2.04. The van der Waals surface area contributed by atoms with Crippen LogP contribution in [0.3, 0.4) is 0 Å². The van der Waals surface area contributed by atoms with Gasteiger partial charge in [-0.1, -0.05) is 31.4 Å². The van der Waals surface area contributed by atoms with Gasteiger partial charge in [-0.05, 0) is 37.0 Å². The Balaban J connectivity index is 1.76. The molecule has 0 saturated heterocycles. The van der Waals surface area contributed by atoms with Gasteiger partial charge < -0.3 is 15.0 Å². The molecule has 1 aliphatic rings. The molecule has 0 bridgehead atoms. The van der Waals surface area contributed by atoms with Gasteiger partial charge in [0, 0.05) is 32.5 Å². The molecule has 1 aliphatic carbocycles. The summed E-state index contributed by atoms with van der Waals surface area (Å²) in [5.41, 5.74) is 1.14. The second-order valence-electron chi connectivity index (χ2n) is 6.73. The fourth-order valence-corrected chi connectivity index (χ4v) is 3.34. The summed E-state index contributed by atoms with van der Waals surface area (Å²) in [6.45, 7) is 3.29. The zero-order valence-corrected chi connectivity index (χ0v) is 15.4. The van der Waals surface area contributed by atoms with Gasteiger partial charge in [0.25, 0.3) is 0 Å². The normalized spacial score (nSPS) is 14.8. The molecule has 0 aromatic heterocycles. The molecule has 0 heterocycles. The highest BCUT2D eigenvalue weighted by atomic mass is 16.5. The van der Waals surface area contributed by atoms with Crippen LogP contribution in [0.4, 0.5) is 0 Å². The van der Waals surface area contributed by atoms with Gasteiger partial charge in [0.1, 0.15) is 5.75 Å². The van der Waals surface area contributed by atoms with Crippen molar-refractivity contribution in [2.24, 2.45) is 5.92 Å². The molecule has 2 rings (SSSR count). The number of nitrogens with one attached hydrogen (secondary N) is 1. The van der Waals surface area contributed by atoms with Crippen molar-refractivity contribution in [3.05, 3.63) is 29.8 Å². The monoisotopic (exact) mass is 346 g/mol. The first-order chi connectivity index (χ1) is 12.1. The van der Waals surface area contributed by atoms with Gasteiger partial charge in [0.15, 0.2) is 0 Å². The van der Waals surface area contributed by atoms with Gasteiger partial charge in [-0.3, -0.25) is 9.59 Å². The highest BCUT2D eigenvalue weighted by Gasteiger charge is 2.20. The highest BCUT2D eigenvalue weighted by molar-refractivity contribution is 5.78. The van der Waals surface area contributed by atoms with Gasteiger partial charge in [-0.2, -0.15) is 0 Å². The SMILES string of the molecule is COc1cccc(CCN(CCNC(=O)C2CCCCC2)C(C)=O)c1. The van der Waals surface area contributed by atoms with Gasteiger partial charge in [-0.15, -0.1) is 0 Å². The molecule has 25 heavy (non-hydrogen) atoms. The minimum atomic E-state index is 0.0369. The average Bonchev–Trinajstić information content (AvgIpc) is 2.64. The topological polar surface area (TPSA) is 58.6 Å². The van der Waals surface area contributed by atoms with Gasteiger partial charge in [0.05, 0.1) is 7.11 Å². The minimum absolute atomic E-state index is 0.0369. The zero-order chi connectivity index (χ0) is 18.1. The molecule has 1 aromatic rings. The number of hydrogen-bond donors (Lipinski definition) is 1. The smallest absolute Gasteiger partial charge is 0.223 e. The van der Waals surface area contributed by atoms with E-state index < -0.39 is 0 Å². The van der Waals surface area contributed by atoms with E-state index in [2.05, 4.69) is 5.32 Å². The summed E-state index contributed by atoms with van der Waals surface area (Å²) in [5, 5.41) is 3.00. The number of hydrogen-bond acceptors (Lipinski definition) is 3. The molecule has 1 N–H and O–H groups in total. The third-order valence-corrected chi connectivity index (χ3v) is 4.91. The molecular formula is C20H30N2O3. The number of ether oxygens (including phenoxy) is 1. The van der Waals surface area contributed by atoms with Crippen molar-refractivity contribution in [2.45, 2.75) is 45.4 Å². The molecule has 5 nitrogen and oxygen atoms in total. The van der Waals surface area contributed by atoms with Crippen LogP contribution in [0, 0.1) is 5.92 Å². The lowest BCUT2D eigenvalue weighted by Crippen LogP contribution is -2.40. The van der Waals surface area contributed by atoms with Crippen LogP contribution in [0.15, 0.2) is 24.3 Å². The molecule has 0 spiro atoms. The molecule has 2 amide bonds. The predicted molar refractivity (Wildman–Crippen MR) is 98.5 cm³/mol. The van der Waals surface area contributed by atoms with Crippen molar-refractivity contribution in [1.82, 2.24) is 10.2 Å². The number of amides is 2. The summed E-state index contributed by atoms with van der Waals surface area (Å²) in [6, 6.07) is 7.89. The van der Waals surface area contributed by atoms with Crippen molar-refractivity contribution < 1.29 is 14.3 Å². The number of methoxy groups -OCH3 is 1. The fourth-order valence-electron chi connectivity index (χ4n) is 3.34. The maximum Gasteiger partial charge on any atom is 0.223 e. The van der Waals surface area contributed by atoms with Crippen LogP contribution >= 0.6 is 0 Å². The van der Waals surface area contributed by atoms with Crippen molar-refractivity contribution in [3.8, 4) is 5.75 Å². The van der Waals surface area contributed by atoms with Gasteiger partial charge >= 0.3 is 0 Å². The molecule has 0 radical (unpaired) electrons. The quantitative estimate of drug-likeness (QED) is 0.787. The Morgan fingerprint density at radius 3 is 2.64 bits per heavy atom. The highest BCUT2D eigenvalue weighted by Crippen LogP contribution is 2.23. The summed E-state index contributed by atoms with van der Waals surface area (Å²) >= 11 is 0. The van der Waals surface area contributed by atoms with Crippen LogP contribution < -0.4 is 10.1 Å². The molecule has 0 aliphatic heterocycles. The Bertz CT molecular complexity index is 568. The van der Waals surface area contributed by atoms with Crippen LogP contribution in [0.2, 0.25) is 0 Å². The number of carbonyl (C=O) groups excluding carboxylic acids is 2. The van der Waals surface area contributed by atoms with Crippen molar-refractivity contribution in [2.75, 3.05) is 26.7 Å². The largest absolute Gasteiger partial charge is 0.497 e. The van der Waals surface area contributed by atoms with E-state index in [-0.39, 0.29) is 17.7 Å². The summed E-state index contributed by atoms with van der Waals surface area (Å²) in [6.07, 6.45) is 6.31. The van der Waals surface area contributed by atoms with E-state index in [0.29, 0.717) is 19.6 Å². The van der Waals surface area contributed by atoms with Crippen LogP contribution in [0.25, 0.3) is 0 Å². The first-order valence-electron chi connectivity index (χ1n) is 9.26. The van der Waals surface area contributed by atoms with Crippen LogP contribution in [-0.4, -0.2) is 43.5 Å². The first-order valence-corrected chi connectivity index (χ1v) is 9.26. The third-order valence-electron chi connectivity index (χ3n) is 4.91. The number of benzene rings is 1. The summed E-state index contributed by atoms with van der Waals surface area (Å²) in [7, 11) is 1.65. The molecule has 5 heteroatoms. The molecule has 1 fully saturated rings. The molecule has 1 aromatic carbocycles. The Labute approximate surface area is 150 Å². The fraction of sp³-hybridized carbons (Fsp3) is 0.600. The maximum atomic E-state index is 12.2. The third kappa shape index (κ3) is 6.40. The molecule has 1 saturated carbocycles. The van der Waals surface area contributed by atoms with E-state index in [4.69, 9.17) is 4.74 Å². The summed E-state index contributed by atoms with van der Waals surface area (Å²) in [4.78, 5) is 25.8. The van der Waals surface area contributed by atoms with Crippen molar-refractivity contribution >= 4 is 11.8 Å². The number of rotatable bonds is 8. The molecule has 0 unspecified atom stereocenters. The molecule has 138 valence electrons. The van der Waals surface area contributed by atoms with Gasteiger partial charge in [-0.25, -0.2) is 0 Å². The summed E-state index contributed by atoms with van der Waals surface area (Å²) in [5.74, 6) is 1.17. The maximum absolute atomic E-state index is 12.2. The lowest BCUT2D eigenvalue weighted by atomic mass is 9.89. The number of nitrogens with zero attached hydrogens (tertiary/aromatic N) is 1. The molecular weight excluding hydrogens is 316 g/mol. The van der Waals surface area contributed by atoms with E-state index in [1.54, 1.807) is 18.9 Å². The van der Waals surface area contributed by atoms with E-state index in [1.807, 2.05) is 24.3 Å². The average molecular weight is 346 g/mol. The lowest BCUT2D eigenvalue weighted by molar-refractivity contribution is -0.130. The van der Waals surface area contributed by atoms with Gasteiger partial charge in [0.2, 0.25) is 11.8 Å². The Kier molecular flexibility index (Phi) is 7.76. The summed E-state index contributed by atoms with van der Waals surface area (Å²) < 4.78 is 5.23. The minimum Gasteiger partial charge on any atom is -0.497 e. The molecule has 0 atom stereocenters. The lowest BCUT2D eigenvalue weighted by Gasteiger charge is -2.24. The van der Waals surface area contributed by atoms with Crippen LogP contribution in [0.1, 0.15) is 44.6 Å². The van der Waals surface area contributed by atoms with Crippen LogP contribution in [0.5, 0.6) is 5.75 Å². The second-order valence-corrected chi connectivity index (χ2v) is 6.73. The van der Waals surface area contributed by atoms with E-state index >= 15 is 0 Å². The Morgan fingerprint density at radius 2 is 1.96 bits per heavy atom. The Morgan fingerprint density at radius 1 is 1.20 bits per heavy atom. The number of carbonyl (C=O) groups is 2. The van der Waals surface area contributed by atoms with E-state index in [9.17, 15) is 9.59 Å². The standard InChI is InChI=1S/C20H30N2O3/c1-16(23)22(13-11-17-7-6-10-19(15-17)25-2)14-12-21-20(24)18-8-4-3-5-9-18/h6-7,10,15,18H,3-5,8-9,11-14H2,1-2H3,(H,21,24). The van der Waals surface area contributed by atoms with Crippen molar-refractivity contribution in [1.29, 1.82) is 0 Å². The van der Waals surface area contributed by atoms with Crippen LogP contribution in [-0.2, 0) is 16.0 Å². The zero-order valence-electron chi connectivity index (χ0n) is 15.4. The predicted octanol–water partition coefficient (Wildman–Crippen LogP) is 2.78. The van der Waals surface area contributed by atoms with Crippen molar-refractivity contribution in [3.63, 3.8) is 0 Å². The van der Waals surface area contributed by atoms with E-state index in [0.717, 1.165) is 43.4 Å². The second kappa shape index (κ2) is 10.1.